The van der Waals surface area contributed by atoms with Gasteiger partial charge in [0, 0.05) is 38.7 Å². The molecule has 2 aromatic heterocycles. The van der Waals surface area contributed by atoms with Crippen LogP contribution in [0.1, 0.15) is 29.0 Å². The Hall–Kier alpha value is -4.74. The SMILES string of the molecule is CC(=O)N(C)N(CC1=NC(c2ccc(F)cc2)N=C1)C(=O)c1cc2c(cc1F)nc(N)c1cnn(C)c12. The van der Waals surface area contributed by atoms with Crippen molar-refractivity contribution in [1.82, 2.24) is 24.8 Å². The predicted octanol–water partition coefficient (Wildman–Crippen LogP) is 3.04. The molecule has 0 saturated carbocycles. The Kier molecular flexibility index (Phi) is 5.86. The van der Waals surface area contributed by atoms with Crippen molar-refractivity contribution in [2.24, 2.45) is 17.0 Å². The molecule has 4 aromatic rings. The molecular formula is C25H22F2N8O2. The number of hydrogen-bond acceptors (Lipinski definition) is 7. The average molecular weight is 505 g/mol. The number of hydrogen-bond donors (Lipinski definition) is 1. The van der Waals surface area contributed by atoms with E-state index in [0.29, 0.717) is 27.6 Å². The van der Waals surface area contributed by atoms with E-state index in [9.17, 15) is 14.0 Å². The first-order valence-corrected chi connectivity index (χ1v) is 11.3. The summed E-state index contributed by atoms with van der Waals surface area (Å²) >= 11 is 0. The molecule has 1 aliphatic rings. The van der Waals surface area contributed by atoms with E-state index in [-0.39, 0.29) is 29.3 Å². The zero-order valence-electron chi connectivity index (χ0n) is 20.2. The van der Waals surface area contributed by atoms with Crippen LogP contribution in [0.3, 0.4) is 0 Å². The molecule has 37 heavy (non-hydrogen) atoms. The molecule has 0 saturated heterocycles. The Morgan fingerprint density at radius 3 is 2.57 bits per heavy atom. The molecule has 2 aromatic carbocycles. The van der Waals surface area contributed by atoms with Crippen LogP contribution in [0.15, 0.2) is 52.6 Å². The van der Waals surface area contributed by atoms with Gasteiger partial charge in [-0.1, -0.05) is 12.1 Å². The number of nitrogens with zero attached hydrogens (tertiary/aromatic N) is 7. The molecule has 2 N–H and O–H groups in total. The molecule has 1 atom stereocenters. The number of carbonyl (C=O) groups excluding carboxylic acids is 2. The van der Waals surface area contributed by atoms with Gasteiger partial charge in [0.05, 0.1) is 40.4 Å². The molecule has 0 spiro atoms. The van der Waals surface area contributed by atoms with Crippen molar-refractivity contribution in [3.8, 4) is 0 Å². The lowest BCUT2D eigenvalue weighted by atomic mass is 10.1. The Morgan fingerprint density at radius 1 is 1.14 bits per heavy atom. The minimum atomic E-state index is -0.820. The van der Waals surface area contributed by atoms with Gasteiger partial charge >= 0.3 is 0 Å². The van der Waals surface area contributed by atoms with Gasteiger partial charge in [-0.2, -0.15) is 5.10 Å². The first-order chi connectivity index (χ1) is 17.6. The van der Waals surface area contributed by atoms with Crippen molar-refractivity contribution >= 4 is 51.4 Å². The number of anilines is 1. The summed E-state index contributed by atoms with van der Waals surface area (Å²) in [7, 11) is 3.11. The molecule has 3 heterocycles. The third-order valence-corrected chi connectivity index (χ3v) is 6.21. The topological polar surface area (TPSA) is 122 Å². The largest absolute Gasteiger partial charge is 0.383 e. The predicted molar refractivity (Wildman–Crippen MR) is 135 cm³/mol. The van der Waals surface area contributed by atoms with Gasteiger partial charge in [0.1, 0.15) is 17.5 Å². The number of amides is 2. The summed E-state index contributed by atoms with van der Waals surface area (Å²) in [5.74, 6) is -2.21. The number of aliphatic imine (C=N–C) groups is 2. The van der Waals surface area contributed by atoms with Crippen LogP contribution in [0.25, 0.3) is 21.8 Å². The zero-order valence-corrected chi connectivity index (χ0v) is 20.2. The summed E-state index contributed by atoms with van der Waals surface area (Å²) in [5.41, 5.74) is 7.66. The first-order valence-electron chi connectivity index (χ1n) is 11.3. The maximum atomic E-state index is 15.2. The van der Waals surface area contributed by atoms with Crippen molar-refractivity contribution in [3.63, 3.8) is 0 Å². The lowest BCUT2D eigenvalue weighted by Gasteiger charge is -2.31. The van der Waals surface area contributed by atoms with Crippen LogP contribution in [0, 0.1) is 11.6 Å². The van der Waals surface area contributed by atoms with E-state index in [1.165, 1.54) is 38.4 Å². The highest BCUT2D eigenvalue weighted by atomic mass is 19.1. The number of benzene rings is 2. The molecule has 1 aliphatic heterocycles. The summed E-state index contributed by atoms with van der Waals surface area (Å²) in [5, 5.41) is 7.44. The van der Waals surface area contributed by atoms with E-state index >= 15 is 4.39 Å². The van der Waals surface area contributed by atoms with E-state index in [2.05, 4.69) is 20.1 Å². The number of nitrogen functional groups attached to an aromatic ring is 1. The number of fused-ring (bicyclic) bond motifs is 3. The summed E-state index contributed by atoms with van der Waals surface area (Å²) in [4.78, 5) is 38.9. The number of aromatic nitrogens is 3. The van der Waals surface area contributed by atoms with Gasteiger partial charge in [0.15, 0.2) is 6.17 Å². The lowest BCUT2D eigenvalue weighted by Crippen LogP contribution is -2.49. The van der Waals surface area contributed by atoms with Gasteiger partial charge in [-0.25, -0.2) is 18.8 Å². The van der Waals surface area contributed by atoms with Crippen molar-refractivity contribution in [3.05, 3.63) is 65.4 Å². The van der Waals surface area contributed by atoms with Crippen molar-refractivity contribution < 1.29 is 18.4 Å². The molecule has 1 unspecified atom stereocenters. The molecule has 10 nitrogen and oxygen atoms in total. The second-order valence-corrected chi connectivity index (χ2v) is 8.61. The van der Waals surface area contributed by atoms with Gasteiger partial charge in [0.25, 0.3) is 5.91 Å². The fourth-order valence-corrected chi connectivity index (χ4v) is 4.18. The Morgan fingerprint density at radius 2 is 1.86 bits per heavy atom. The fourth-order valence-electron chi connectivity index (χ4n) is 4.18. The smallest absolute Gasteiger partial charge is 0.275 e. The highest BCUT2D eigenvalue weighted by Gasteiger charge is 2.28. The highest BCUT2D eigenvalue weighted by molar-refractivity contribution is 6.33. The van der Waals surface area contributed by atoms with Crippen LogP contribution in [0.4, 0.5) is 14.6 Å². The third kappa shape index (κ3) is 4.26. The number of pyridine rings is 1. The number of carbonyl (C=O) groups is 2. The summed E-state index contributed by atoms with van der Waals surface area (Å²) in [6.45, 7) is 1.14. The monoisotopic (exact) mass is 504 g/mol. The maximum Gasteiger partial charge on any atom is 0.275 e. The van der Waals surface area contributed by atoms with Gasteiger partial charge in [0.2, 0.25) is 5.91 Å². The third-order valence-electron chi connectivity index (χ3n) is 6.21. The van der Waals surface area contributed by atoms with Crippen LogP contribution in [-0.2, 0) is 11.8 Å². The van der Waals surface area contributed by atoms with E-state index in [4.69, 9.17) is 5.73 Å². The number of aryl methyl sites for hydroxylation is 1. The van der Waals surface area contributed by atoms with Crippen LogP contribution in [0.5, 0.6) is 0 Å². The van der Waals surface area contributed by atoms with E-state index in [1.54, 1.807) is 30.1 Å². The van der Waals surface area contributed by atoms with E-state index in [0.717, 1.165) is 16.1 Å². The Balaban J connectivity index is 1.53. The quantitative estimate of drug-likeness (QED) is 0.428. The number of hydrazine groups is 1. The van der Waals surface area contributed by atoms with Crippen molar-refractivity contribution in [2.75, 3.05) is 19.3 Å². The van der Waals surface area contributed by atoms with E-state index < -0.39 is 23.8 Å². The second-order valence-electron chi connectivity index (χ2n) is 8.61. The highest BCUT2D eigenvalue weighted by Crippen LogP contribution is 2.30. The zero-order chi connectivity index (χ0) is 26.4. The van der Waals surface area contributed by atoms with Gasteiger partial charge in [-0.05, 0) is 23.8 Å². The van der Waals surface area contributed by atoms with Crippen LogP contribution >= 0.6 is 0 Å². The van der Waals surface area contributed by atoms with Crippen LogP contribution in [-0.4, -0.2) is 62.1 Å². The van der Waals surface area contributed by atoms with Gasteiger partial charge in [-0.15, -0.1) is 0 Å². The number of nitrogens with two attached hydrogens (primary N) is 1. The van der Waals surface area contributed by atoms with Crippen molar-refractivity contribution in [2.45, 2.75) is 13.1 Å². The van der Waals surface area contributed by atoms with Gasteiger partial charge in [-0.3, -0.25) is 29.3 Å². The number of halogens is 2. The first kappa shape index (κ1) is 24.0. The van der Waals surface area contributed by atoms with Gasteiger partial charge < -0.3 is 5.73 Å². The summed E-state index contributed by atoms with van der Waals surface area (Å²) in [6, 6.07) is 8.27. The Labute approximate surface area is 209 Å². The maximum absolute atomic E-state index is 15.2. The molecule has 5 rings (SSSR count). The molecule has 12 heteroatoms. The summed E-state index contributed by atoms with van der Waals surface area (Å²) < 4.78 is 30.1. The fraction of sp³-hybridized carbons (Fsp3) is 0.200. The molecule has 0 bridgehead atoms. The van der Waals surface area contributed by atoms with Crippen molar-refractivity contribution in [1.29, 1.82) is 0 Å². The second kappa shape index (κ2) is 9.04. The van der Waals surface area contributed by atoms with E-state index in [1.807, 2.05) is 0 Å². The average Bonchev–Trinajstić information content (AvgIpc) is 3.49. The Bertz CT molecular complexity index is 1630. The molecule has 188 valence electrons. The molecule has 0 aliphatic carbocycles. The normalized spacial score (nSPS) is 14.8. The summed E-state index contributed by atoms with van der Waals surface area (Å²) in [6.07, 6.45) is 2.42. The molecular weight excluding hydrogens is 482 g/mol. The lowest BCUT2D eigenvalue weighted by molar-refractivity contribution is -0.138. The van der Waals surface area contributed by atoms with Crippen LogP contribution in [0.2, 0.25) is 0 Å². The number of rotatable bonds is 4. The van der Waals surface area contributed by atoms with Crippen LogP contribution < -0.4 is 5.73 Å². The minimum absolute atomic E-state index is 0.144. The molecule has 0 radical (unpaired) electrons. The molecule has 2 amide bonds. The minimum Gasteiger partial charge on any atom is -0.383 e. The molecule has 0 fully saturated rings. The standard InChI is InChI=1S/C25H22F2N8O2/c1-13(36)34(3)35(12-16-10-29-24(31-16)14-4-6-15(26)7-5-14)25(37)17-8-18-21(9-20(17)27)32-23(28)19-11-30-33(2)22(18)19/h4-11,24H,12H2,1-3H3,(H2,28,32).